The summed E-state index contributed by atoms with van der Waals surface area (Å²) >= 11 is 0. The normalized spacial score (nSPS) is 12.4. The van der Waals surface area contributed by atoms with Crippen LogP contribution >= 0.6 is 0 Å². The second-order valence-electron chi connectivity index (χ2n) is 6.06. The zero-order chi connectivity index (χ0) is 17.4. The predicted octanol–water partition coefficient (Wildman–Crippen LogP) is 3.79. The summed E-state index contributed by atoms with van der Waals surface area (Å²) in [5.41, 5.74) is 1.69. The number of aliphatic hydroxyl groups is 1. The lowest BCUT2D eigenvalue weighted by atomic mass is 10.2. The number of hydrogen-bond acceptors (Lipinski definition) is 3. The predicted molar refractivity (Wildman–Crippen MR) is 94.6 cm³/mol. The van der Waals surface area contributed by atoms with Crippen LogP contribution in [0.4, 0.5) is 4.39 Å². The lowest BCUT2D eigenvalue weighted by Gasteiger charge is -2.25. The Bertz CT molecular complexity index is 633. The van der Waals surface area contributed by atoms with Crippen molar-refractivity contribution in [2.45, 2.75) is 32.9 Å². The molecule has 24 heavy (non-hydrogen) atoms. The van der Waals surface area contributed by atoms with Gasteiger partial charge in [0.05, 0.1) is 0 Å². The van der Waals surface area contributed by atoms with Crippen LogP contribution in [-0.4, -0.2) is 35.8 Å². The quantitative estimate of drug-likeness (QED) is 0.759. The molecule has 0 spiro atoms. The number of benzene rings is 2. The van der Waals surface area contributed by atoms with E-state index in [0.717, 1.165) is 24.3 Å². The summed E-state index contributed by atoms with van der Waals surface area (Å²) < 4.78 is 19.5. The third-order valence-electron chi connectivity index (χ3n) is 3.89. The monoisotopic (exact) mass is 331 g/mol. The van der Waals surface area contributed by atoms with Crippen LogP contribution in [0.25, 0.3) is 0 Å². The van der Waals surface area contributed by atoms with Crippen molar-refractivity contribution in [2.75, 3.05) is 19.7 Å². The number of halogens is 1. The maximum absolute atomic E-state index is 13.8. The first kappa shape index (κ1) is 18.4. The van der Waals surface area contributed by atoms with E-state index in [-0.39, 0.29) is 12.4 Å². The lowest BCUT2D eigenvalue weighted by molar-refractivity contribution is 0.0650. The Morgan fingerprint density at radius 3 is 2.54 bits per heavy atom. The van der Waals surface area contributed by atoms with Crippen molar-refractivity contribution < 1.29 is 14.2 Å². The summed E-state index contributed by atoms with van der Waals surface area (Å²) in [6, 6.07) is 14.5. The molecule has 0 bridgehead atoms. The van der Waals surface area contributed by atoms with E-state index in [9.17, 15) is 9.50 Å². The number of aryl methyl sites for hydroxylation is 1. The Morgan fingerprint density at radius 1 is 1.12 bits per heavy atom. The van der Waals surface area contributed by atoms with Crippen molar-refractivity contribution in [3.05, 3.63) is 65.5 Å². The molecular formula is C20H26FNO2. The molecule has 2 rings (SSSR count). The van der Waals surface area contributed by atoms with Gasteiger partial charge in [0.15, 0.2) is 0 Å². The Hall–Kier alpha value is -1.91. The Balaban J connectivity index is 1.89. The van der Waals surface area contributed by atoms with Gasteiger partial charge >= 0.3 is 0 Å². The van der Waals surface area contributed by atoms with Gasteiger partial charge < -0.3 is 9.84 Å². The van der Waals surface area contributed by atoms with E-state index in [1.54, 1.807) is 12.1 Å². The Labute approximate surface area is 143 Å². The van der Waals surface area contributed by atoms with Crippen LogP contribution in [0.3, 0.4) is 0 Å². The third-order valence-corrected chi connectivity index (χ3v) is 3.89. The molecule has 0 aliphatic carbocycles. The van der Waals surface area contributed by atoms with E-state index in [2.05, 4.69) is 11.8 Å². The molecular weight excluding hydrogens is 305 g/mol. The number of aliphatic hydroxyl groups excluding tert-OH is 1. The molecule has 0 heterocycles. The van der Waals surface area contributed by atoms with Gasteiger partial charge in [-0.15, -0.1) is 0 Å². The average Bonchev–Trinajstić information content (AvgIpc) is 2.56. The van der Waals surface area contributed by atoms with Gasteiger partial charge in [0, 0.05) is 18.7 Å². The topological polar surface area (TPSA) is 32.7 Å². The molecule has 0 aliphatic heterocycles. The van der Waals surface area contributed by atoms with Crippen LogP contribution in [0, 0.1) is 12.7 Å². The van der Waals surface area contributed by atoms with E-state index in [4.69, 9.17) is 4.74 Å². The maximum atomic E-state index is 13.8. The van der Waals surface area contributed by atoms with Gasteiger partial charge in [0.25, 0.3) is 0 Å². The van der Waals surface area contributed by atoms with E-state index < -0.39 is 6.10 Å². The van der Waals surface area contributed by atoms with Gasteiger partial charge in [-0.3, -0.25) is 4.90 Å². The molecule has 0 radical (unpaired) electrons. The molecule has 0 aromatic heterocycles. The third kappa shape index (κ3) is 5.62. The van der Waals surface area contributed by atoms with Crippen LogP contribution < -0.4 is 4.74 Å². The number of rotatable bonds is 9. The minimum Gasteiger partial charge on any atom is -0.491 e. The maximum Gasteiger partial charge on any atom is 0.127 e. The summed E-state index contributed by atoms with van der Waals surface area (Å²) in [4.78, 5) is 2.06. The van der Waals surface area contributed by atoms with Gasteiger partial charge in [-0.1, -0.05) is 43.3 Å². The molecule has 0 amide bonds. The first-order valence-corrected chi connectivity index (χ1v) is 8.42. The summed E-state index contributed by atoms with van der Waals surface area (Å²) in [5.74, 6) is 0.581. The molecule has 2 aromatic rings. The molecule has 3 nitrogen and oxygen atoms in total. The number of ether oxygens (including phenoxy) is 1. The van der Waals surface area contributed by atoms with Crippen LogP contribution in [0.2, 0.25) is 0 Å². The van der Waals surface area contributed by atoms with Gasteiger partial charge in [0.2, 0.25) is 0 Å². The van der Waals surface area contributed by atoms with Crippen molar-refractivity contribution in [1.82, 2.24) is 4.90 Å². The standard InChI is InChI=1S/C20H26FNO2/c1-3-12-22(13-17-9-5-6-10-19(17)21)14-18(23)15-24-20-11-7-4-8-16(20)2/h4-11,18,23H,3,12-15H2,1-2H3/t18-/m1/s1. The SMILES string of the molecule is CCCN(Cc1ccccc1F)C[C@@H](O)COc1ccccc1C. The second-order valence-corrected chi connectivity index (χ2v) is 6.06. The van der Waals surface area contributed by atoms with Crippen LogP contribution in [0.1, 0.15) is 24.5 Å². The van der Waals surface area contributed by atoms with Gasteiger partial charge in [-0.05, 0) is 37.6 Å². The van der Waals surface area contributed by atoms with Crippen molar-refractivity contribution in [3.8, 4) is 5.75 Å². The fraction of sp³-hybridized carbons (Fsp3) is 0.400. The van der Waals surface area contributed by atoms with Crippen molar-refractivity contribution in [1.29, 1.82) is 0 Å². The molecule has 0 saturated carbocycles. The molecule has 4 heteroatoms. The Morgan fingerprint density at radius 2 is 1.83 bits per heavy atom. The Kier molecular flexibility index (Phi) is 7.22. The molecule has 0 aliphatic rings. The van der Waals surface area contributed by atoms with Crippen molar-refractivity contribution in [2.24, 2.45) is 0 Å². The fourth-order valence-corrected chi connectivity index (χ4v) is 2.67. The van der Waals surface area contributed by atoms with E-state index in [0.29, 0.717) is 18.7 Å². The first-order valence-electron chi connectivity index (χ1n) is 8.42. The van der Waals surface area contributed by atoms with Gasteiger partial charge in [0.1, 0.15) is 24.3 Å². The minimum atomic E-state index is -0.622. The van der Waals surface area contributed by atoms with Gasteiger partial charge in [-0.25, -0.2) is 4.39 Å². The van der Waals surface area contributed by atoms with E-state index in [1.807, 2.05) is 37.3 Å². The number of hydrogen-bond donors (Lipinski definition) is 1. The zero-order valence-corrected chi connectivity index (χ0v) is 14.4. The summed E-state index contributed by atoms with van der Waals surface area (Å²) in [7, 11) is 0. The smallest absolute Gasteiger partial charge is 0.127 e. The summed E-state index contributed by atoms with van der Waals surface area (Å²) in [6.45, 7) is 6.02. The van der Waals surface area contributed by atoms with Crippen LogP contribution in [0.15, 0.2) is 48.5 Å². The summed E-state index contributed by atoms with van der Waals surface area (Å²) in [6.07, 6.45) is 0.322. The molecule has 0 unspecified atom stereocenters. The van der Waals surface area contributed by atoms with Crippen LogP contribution in [-0.2, 0) is 6.54 Å². The molecule has 130 valence electrons. The van der Waals surface area contributed by atoms with Crippen molar-refractivity contribution in [3.63, 3.8) is 0 Å². The largest absolute Gasteiger partial charge is 0.491 e. The zero-order valence-electron chi connectivity index (χ0n) is 14.4. The lowest BCUT2D eigenvalue weighted by Crippen LogP contribution is -2.36. The number of para-hydroxylation sites is 1. The molecule has 2 aromatic carbocycles. The second kappa shape index (κ2) is 9.40. The van der Waals surface area contributed by atoms with E-state index >= 15 is 0 Å². The number of nitrogens with zero attached hydrogens (tertiary/aromatic N) is 1. The highest BCUT2D eigenvalue weighted by atomic mass is 19.1. The molecule has 0 saturated heterocycles. The first-order chi connectivity index (χ1) is 11.6. The summed E-state index contributed by atoms with van der Waals surface area (Å²) in [5, 5.41) is 10.3. The highest BCUT2D eigenvalue weighted by molar-refractivity contribution is 5.31. The average molecular weight is 331 g/mol. The van der Waals surface area contributed by atoms with Gasteiger partial charge in [-0.2, -0.15) is 0 Å². The molecule has 0 fully saturated rings. The van der Waals surface area contributed by atoms with Crippen molar-refractivity contribution >= 4 is 0 Å². The van der Waals surface area contributed by atoms with E-state index in [1.165, 1.54) is 6.07 Å². The molecule has 1 N–H and O–H groups in total. The fourth-order valence-electron chi connectivity index (χ4n) is 2.67. The highest BCUT2D eigenvalue weighted by Gasteiger charge is 2.14. The van der Waals surface area contributed by atoms with Crippen LogP contribution in [0.5, 0.6) is 5.75 Å². The highest BCUT2D eigenvalue weighted by Crippen LogP contribution is 2.16. The molecule has 1 atom stereocenters. The minimum absolute atomic E-state index is 0.204.